The molecule has 0 aromatic heterocycles. The van der Waals surface area contributed by atoms with Gasteiger partial charge in [-0.05, 0) is 37.6 Å². The fourth-order valence-corrected chi connectivity index (χ4v) is 1.37. The topological polar surface area (TPSA) is 72.5 Å². The van der Waals surface area contributed by atoms with E-state index in [1.165, 1.54) is 0 Å². The van der Waals surface area contributed by atoms with E-state index in [-0.39, 0.29) is 0 Å². The van der Waals surface area contributed by atoms with Gasteiger partial charge in [-0.25, -0.2) is 4.79 Å². The van der Waals surface area contributed by atoms with Crippen LogP contribution in [0, 0.1) is 13.8 Å². The number of carbonyl (C=O) groups is 1. The molecule has 1 atom stereocenters. The average molecular weight is 223 g/mol. The molecule has 1 aromatic carbocycles. The lowest BCUT2D eigenvalue weighted by molar-refractivity contribution is -0.145. The minimum Gasteiger partial charge on any atom is -0.479 e. The van der Waals surface area contributed by atoms with Crippen LogP contribution in [0.3, 0.4) is 0 Å². The molecule has 0 aliphatic heterocycles. The lowest BCUT2D eigenvalue weighted by Gasteiger charge is -2.16. The average Bonchev–Trinajstić information content (AvgIpc) is 2.22. The van der Waals surface area contributed by atoms with Crippen LogP contribution in [0.5, 0.6) is 5.75 Å². The third kappa shape index (κ3) is 3.24. The Bertz CT molecular complexity index is 377. The molecule has 1 unspecified atom stereocenters. The first kappa shape index (κ1) is 12.5. The zero-order valence-corrected chi connectivity index (χ0v) is 9.56. The predicted molar refractivity (Wildman–Crippen MR) is 61.6 cm³/mol. The standard InChI is InChI=1S/C12H17NO3/c1-8-3-4-9(2)11(7-8)16-10(5-6-13)12(14)15/h3-4,7,10H,5-6,13H2,1-2H3,(H,14,15). The van der Waals surface area contributed by atoms with E-state index < -0.39 is 12.1 Å². The second-order valence-corrected chi connectivity index (χ2v) is 3.79. The third-order valence-corrected chi connectivity index (χ3v) is 2.32. The number of hydrogen-bond donors (Lipinski definition) is 2. The highest BCUT2D eigenvalue weighted by Crippen LogP contribution is 2.21. The molecular formula is C12H17NO3. The summed E-state index contributed by atoms with van der Waals surface area (Å²) in [5.74, 6) is -0.368. The Hall–Kier alpha value is -1.55. The molecule has 0 aliphatic carbocycles. The highest BCUT2D eigenvalue weighted by atomic mass is 16.5. The molecule has 0 aliphatic rings. The minimum atomic E-state index is -0.980. The Labute approximate surface area is 95.0 Å². The number of aliphatic carboxylic acids is 1. The van der Waals surface area contributed by atoms with Crippen LogP contribution >= 0.6 is 0 Å². The molecule has 4 nitrogen and oxygen atoms in total. The summed E-state index contributed by atoms with van der Waals surface area (Å²) >= 11 is 0. The van der Waals surface area contributed by atoms with Crippen molar-refractivity contribution in [2.75, 3.05) is 6.54 Å². The molecular weight excluding hydrogens is 206 g/mol. The lowest BCUT2D eigenvalue weighted by Crippen LogP contribution is -2.29. The number of rotatable bonds is 5. The van der Waals surface area contributed by atoms with Crippen molar-refractivity contribution in [1.82, 2.24) is 0 Å². The van der Waals surface area contributed by atoms with E-state index in [0.717, 1.165) is 11.1 Å². The van der Waals surface area contributed by atoms with E-state index in [1.807, 2.05) is 32.0 Å². The van der Waals surface area contributed by atoms with Crippen LogP contribution in [0.4, 0.5) is 0 Å². The Morgan fingerprint density at radius 2 is 2.19 bits per heavy atom. The molecule has 0 bridgehead atoms. The summed E-state index contributed by atoms with van der Waals surface area (Å²) in [6, 6.07) is 5.70. The second-order valence-electron chi connectivity index (χ2n) is 3.79. The fourth-order valence-electron chi connectivity index (χ4n) is 1.37. The van der Waals surface area contributed by atoms with Gasteiger partial charge in [-0.2, -0.15) is 0 Å². The smallest absolute Gasteiger partial charge is 0.344 e. The summed E-state index contributed by atoms with van der Waals surface area (Å²) in [5.41, 5.74) is 7.31. The quantitative estimate of drug-likeness (QED) is 0.793. The maximum atomic E-state index is 10.9. The first-order valence-electron chi connectivity index (χ1n) is 5.21. The van der Waals surface area contributed by atoms with E-state index in [0.29, 0.717) is 18.7 Å². The predicted octanol–water partition coefficient (Wildman–Crippen LogP) is 1.48. The number of nitrogens with two attached hydrogens (primary N) is 1. The third-order valence-electron chi connectivity index (χ3n) is 2.32. The molecule has 0 saturated carbocycles. The maximum absolute atomic E-state index is 10.9. The summed E-state index contributed by atoms with van der Waals surface area (Å²) in [5, 5.41) is 8.95. The number of benzene rings is 1. The Morgan fingerprint density at radius 3 is 2.75 bits per heavy atom. The number of aryl methyl sites for hydroxylation is 2. The van der Waals surface area contributed by atoms with Gasteiger partial charge in [-0.1, -0.05) is 12.1 Å². The molecule has 1 rings (SSSR count). The molecule has 0 saturated heterocycles. The van der Waals surface area contributed by atoms with Gasteiger partial charge in [0.1, 0.15) is 5.75 Å². The molecule has 3 N–H and O–H groups in total. The molecule has 0 spiro atoms. The van der Waals surface area contributed by atoms with Crippen molar-refractivity contribution in [3.8, 4) is 5.75 Å². The lowest BCUT2D eigenvalue weighted by atomic mass is 10.1. The van der Waals surface area contributed by atoms with Gasteiger partial charge in [0.05, 0.1) is 0 Å². The van der Waals surface area contributed by atoms with Gasteiger partial charge in [-0.15, -0.1) is 0 Å². The Balaban J connectivity index is 2.84. The van der Waals surface area contributed by atoms with Crippen molar-refractivity contribution < 1.29 is 14.6 Å². The van der Waals surface area contributed by atoms with Crippen molar-refractivity contribution in [3.05, 3.63) is 29.3 Å². The van der Waals surface area contributed by atoms with Crippen LogP contribution in [-0.4, -0.2) is 23.7 Å². The van der Waals surface area contributed by atoms with Crippen LogP contribution in [0.1, 0.15) is 17.5 Å². The van der Waals surface area contributed by atoms with E-state index in [2.05, 4.69) is 0 Å². The molecule has 16 heavy (non-hydrogen) atoms. The van der Waals surface area contributed by atoms with Crippen molar-refractivity contribution in [3.63, 3.8) is 0 Å². The van der Waals surface area contributed by atoms with Crippen LogP contribution in [-0.2, 0) is 4.79 Å². The summed E-state index contributed by atoms with van der Waals surface area (Å²) in [4.78, 5) is 10.9. The number of carboxylic acids is 1. The molecule has 0 amide bonds. The first-order chi connectivity index (χ1) is 7.54. The number of ether oxygens (including phenoxy) is 1. The number of carboxylic acid groups (broad SMARTS) is 1. The summed E-state index contributed by atoms with van der Waals surface area (Å²) in [6.45, 7) is 4.11. The van der Waals surface area contributed by atoms with E-state index in [4.69, 9.17) is 15.6 Å². The van der Waals surface area contributed by atoms with Gasteiger partial charge in [-0.3, -0.25) is 0 Å². The maximum Gasteiger partial charge on any atom is 0.344 e. The van der Waals surface area contributed by atoms with Crippen LogP contribution < -0.4 is 10.5 Å². The van der Waals surface area contributed by atoms with Crippen molar-refractivity contribution >= 4 is 5.97 Å². The van der Waals surface area contributed by atoms with Gasteiger partial charge in [0.25, 0.3) is 0 Å². The Morgan fingerprint density at radius 1 is 1.50 bits per heavy atom. The normalized spacial score (nSPS) is 12.2. The van der Waals surface area contributed by atoms with Crippen LogP contribution in [0.25, 0.3) is 0 Å². The number of hydrogen-bond acceptors (Lipinski definition) is 3. The van der Waals surface area contributed by atoms with Crippen molar-refractivity contribution in [2.24, 2.45) is 5.73 Å². The van der Waals surface area contributed by atoms with Gasteiger partial charge in [0, 0.05) is 6.42 Å². The first-order valence-corrected chi connectivity index (χ1v) is 5.21. The zero-order valence-electron chi connectivity index (χ0n) is 9.56. The fraction of sp³-hybridized carbons (Fsp3) is 0.417. The summed E-state index contributed by atoms with van der Waals surface area (Å²) < 4.78 is 5.45. The summed E-state index contributed by atoms with van der Waals surface area (Å²) in [6.07, 6.45) is -0.562. The molecule has 0 fully saturated rings. The van der Waals surface area contributed by atoms with E-state index in [1.54, 1.807) is 0 Å². The molecule has 0 heterocycles. The Kier molecular flexibility index (Phi) is 4.31. The van der Waals surface area contributed by atoms with Gasteiger partial charge < -0.3 is 15.6 Å². The minimum absolute atomic E-state index is 0.293. The largest absolute Gasteiger partial charge is 0.479 e. The summed E-state index contributed by atoms with van der Waals surface area (Å²) in [7, 11) is 0. The van der Waals surface area contributed by atoms with Crippen LogP contribution in [0.15, 0.2) is 18.2 Å². The SMILES string of the molecule is Cc1ccc(C)c(OC(CCN)C(=O)O)c1. The molecule has 0 radical (unpaired) electrons. The van der Waals surface area contributed by atoms with Gasteiger partial charge in [0.2, 0.25) is 0 Å². The van der Waals surface area contributed by atoms with Crippen molar-refractivity contribution in [2.45, 2.75) is 26.4 Å². The highest BCUT2D eigenvalue weighted by Gasteiger charge is 2.19. The van der Waals surface area contributed by atoms with E-state index in [9.17, 15) is 4.79 Å². The van der Waals surface area contributed by atoms with Gasteiger partial charge >= 0.3 is 5.97 Å². The zero-order chi connectivity index (χ0) is 12.1. The monoisotopic (exact) mass is 223 g/mol. The van der Waals surface area contributed by atoms with Crippen LogP contribution in [0.2, 0.25) is 0 Å². The molecule has 1 aromatic rings. The van der Waals surface area contributed by atoms with Crippen molar-refractivity contribution in [1.29, 1.82) is 0 Å². The highest BCUT2D eigenvalue weighted by molar-refractivity contribution is 5.72. The molecule has 88 valence electrons. The molecule has 4 heteroatoms. The van der Waals surface area contributed by atoms with Gasteiger partial charge in [0.15, 0.2) is 6.10 Å². The second kappa shape index (κ2) is 5.51. The van der Waals surface area contributed by atoms with E-state index >= 15 is 0 Å².